The van der Waals surface area contributed by atoms with E-state index in [1.54, 1.807) is 11.7 Å². The Kier molecular flexibility index (Phi) is 5.49. The maximum atomic E-state index is 13.4. The van der Waals surface area contributed by atoms with Crippen molar-refractivity contribution in [2.75, 3.05) is 7.11 Å². The summed E-state index contributed by atoms with van der Waals surface area (Å²) in [5.74, 6) is 1.32. The molecule has 29 heavy (non-hydrogen) atoms. The molecular weight excluding hydrogens is 475 g/mol. The van der Waals surface area contributed by atoms with Gasteiger partial charge in [0.2, 0.25) is 0 Å². The van der Waals surface area contributed by atoms with Crippen molar-refractivity contribution >= 4 is 45.6 Å². The van der Waals surface area contributed by atoms with E-state index in [-0.39, 0.29) is 5.56 Å². The summed E-state index contributed by atoms with van der Waals surface area (Å²) in [6.45, 7) is 2.06. The molecule has 0 aliphatic carbocycles. The monoisotopic (exact) mass is 494 g/mol. The molecule has 4 aromatic rings. The van der Waals surface area contributed by atoms with E-state index in [1.165, 1.54) is 5.56 Å². The van der Waals surface area contributed by atoms with Gasteiger partial charge in [0.1, 0.15) is 11.6 Å². The van der Waals surface area contributed by atoms with Gasteiger partial charge in [-0.3, -0.25) is 9.36 Å². The normalized spacial score (nSPS) is 11.3. The minimum atomic E-state index is -0.0951. The van der Waals surface area contributed by atoms with Gasteiger partial charge in [-0.2, -0.15) is 0 Å². The van der Waals surface area contributed by atoms with Gasteiger partial charge in [0, 0.05) is 3.57 Å². The number of aromatic nitrogens is 2. The number of aryl methyl sites for hydroxylation is 1. The molecule has 3 aromatic carbocycles. The highest BCUT2D eigenvalue weighted by Gasteiger charge is 2.12. The largest absolute Gasteiger partial charge is 0.497 e. The molecule has 0 saturated heterocycles. The predicted molar refractivity (Wildman–Crippen MR) is 127 cm³/mol. The number of benzene rings is 3. The summed E-state index contributed by atoms with van der Waals surface area (Å²) in [5, 5.41) is 0.597. The summed E-state index contributed by atoms with van der Waals surface area (Å²) in [6, 6.07) is 21.4. The van der Waals surface area contributed by atoms with Gasteiger partial charge in [0.05, 0.1) is 23.7 Å². The Labute approximate surface area is 182 Å². The molecule has 0 saturated carbocycles. The molecule has 0 aliphatic heterocycles. The van der Waals surface area contributed by atoms with E-state index < -0.39 is 0 Å². The number of methoxy groups -OCH3 is 1. The number of halogens is 1. The van der Waals surface area contributed by atoms with Crippen molar-refractivity contribution in [2.24, 2.45) is 0 Å². The van der Waals surface area contributed by atoms with Gasteiger partial charge in [-0.1, -0.05) is 35.9 Å². The van der Waals surface area contributed by atoms with Crippen LogP contribution in [0.2, 0.25) is 0 Å². The summed E-state index contributed by atoms with van der Waals surface area (Å²) >= 11 is 2.21. The number of hydrogen-bond acceptors (Lipinski definition) is 3. The number of ether oxygens (including phenoxy) is 1. The van der Waals surface area contributed by atoms with Crippen LogP contribution in [0, 0.1) is 10.5 Å². The molecule has 0 aliphatic rings. The molecule has 0 fully saturated rings. The maximum absolute atomic E-state index is 13.4. The second-order valence-corrected chi connectivity index (χ2v) is 7.96. The van der Waals surface area contributed by atoms with Crippen molar-refractivity contribution in [1.82, 2.24) is 9.55 Å². The lowest BCUT2D eigenvalue weighted by atomic mass is 10.1. The molecular formula is C24H19IN2O2. The van der Waals surface area contributed by atoms with Crippen molar-refractivity contribution in [3.8, 4) is 11.4 Å². The Morgan fingerprint density at radius 3 is 2.38 bits per heavy atom. The van der Waals surface area contributed by atoms with Crippen LogP contribution in [0.3, 0.4) is 0 Å². The second kappa shape index (κ2) is 8.21. The zero-order chi connectivity index (χ0) is 20.4. The summed E-state index contributed by atoms with van der Waals surface area (Å²) in [6.07, 6.45) is 3.85. The molecule has 4 nitrogen and oxygen atoms in total. The molecule has 1 heterocycles. The van der Waals surface area contributed by atoms with Crippen LogP contribution in [-0.2, 0) is 0 Å². The molecule has 0 amide bonds. The molecule has 1 aromatic heterocycles. The van der Waals surface area contributed by atoms with Crippen molar-refractivity contribution in [2.45, 2.75) is 6.92 Å². The number of nitrogens with zero attached hydrogens (tertiary/aromatic N) is 2. The van der Waals surface area contributed by atoms with Crippen LogP contribution < -0.4 is 10.3 Å². The van der Waals surface area contributed by atoms with Crippen LogP contribution in [0.4, 0.5) is 0 Å². The quantitative estimate of drug-likeness (QED) is 0.353. The van der Waals surface area contributed by atoms with Gasteiger partial charge in [-0.15, -0.1) is 0 Å². The minimum absolute atomic E-state index is 0.0951. The van der Waals surface area contributed by atoms with E-state index in [1.807, 2.05) is 66.7 Å². The SMILES string of the molecule is COc1ccc(-n2c(/C=C/c3ccc(C)cc3)nc3ccc(I)cc3c2=O)cc1. The van der Waals surface area contributed by atoms with E-state index in [0.717, 1.165) is 20.6 Å². The Bertz CT molecular complexity index is 1260. The topological polar surface area (TPSA) is 44.1 Å². The molecule has 0 unspecified atom stereocenters. The van der Waals surface area contributed by atoms with Gasteiger partial charge in [0.25, 0.3) is 5.56 Å². The molecule has 4 rings (SSSR count). The first-order valence-electron chi connectivity index (χ1n) is 9.16. The summed E-state index contributed by atoms with van der Waals surface area (Å²) in [7, 11) is 1.62. The van der Waals surface area contributed by atoms with E-state index in [9.17, 15) is 4.79 Å². The zero-order valence-electron chi connectivity index (χ0n) is 16.1. The number of fused-ring (bicyclic) bond motifs is 1. The highest BCUT2D eigenvalue weighted by molar-refractivity contribution is 14.1. The first-order valence-corrected chi connectivity index (χ1v) is 10.2. The molecule has 0 N–H and O–H groups in total. The average Bonchev–Trinajstić information content (AvgIpc) is 2.74. The van der Waals surface area contributed by atoms with Crippen molar-refractivity contribution in [3.63, 3.8) is 0 Å². The third kappa shape index (κ3) is 4.10. The molecule has 0 atom stereocenters. The first kappa shape index (κ1) is 19.4. The predicted octanol–water partition coefficient (Wildman–Crippen LogP) is 5.48. The fourth-order valence-corrected chi connectivity index (χ4v) is 3.61. The standard InChI is InChI=1S/C24H19IN2O2/c1-16-3-5-17(6-4-16)7-14-23-26-22-13-8-18(25)15-21(22)24(28)27(23)19-9-11-20(29-2)12-10-19/h3-15H,1-2H3/b14-7+. The van der Waals surface area contributed by atoms with Gasteiger partial charge >= 0.3 is 0 Å². The molecule has 0 radical (unpaired) electrons. The van der Waals surface area contributed by atoms with E-state index >= 15 is 0 Å². The summed E-state index contributed by atoms with van der Waals surface area (Å²) in [4.78, 5) is 18.1. The average molecular weight is 494 g/mol. The second-order valence-electron chi connectivity index (χ2n) is 6.71. The van der Waals surface area contributed by atoms with Crippen LogP contribution in [0.5, 0.6) is 5.75 Å². The highest BCUT2D eigenvalue weighted by Crippen LogP contribution is 2.19. The van der Waals surface area contributed by atoms with E-state index in [4.69, 9.17) is 9.72 Å². The lowest BCUT2D eigenvalue weighted by Crippen LogP contribution is -2.22. The third-order valence-corrected chi connectivity index (χ3v) is 5.36. The third-order valence-electron chi connectivity index (χ3n) is 4.69. The fraction of sp³-hybridized carbons (Fsp3) is 0.0833. The Morgan fingerprint density at radius 2 is 1.69 bits per heavy atom. The number of hydrogen-bond donors (Lipinski definition) is 0. The molecule has 5 heteroatoms. The van der Waals surface area contributed by atoms with Crippen molar-refractivity contribution < 1.29 is 4.74 Å². The van der Waals surface area contributed by atoms with Crippen LogP contribution in [0.1, 0.15) is 17.0 Å². The Balaban J connectivity index is 1.91. The van der Waals surface area contributed by atoms with Crippen molar-refractivity contribution in [3.05, 3.63) is 97.6 Å². The van der Waals surface area contributed by atoms with Gasteiger partial charge in [0.15, 0.2) is 0 Å². The Morgan fingerprint density at radius 1 is 0.966 bits per heavy atom. The van der Waals surface area contributed by atoms with Gasteiger partial charge in [-0.25, -0.2) is 4.98 Å². The lowest BCUT2D eigenvalue weighted by molar-refractivity contribution is 0.414. The minimum Gasteiger partial charge on any atom is -0.497 e. The smallest absolute Gasteiger partial charge is 0.266 e. The lowest BCUT2D eigenvalue weighted by Gasteiger charge is -2.12. The van der Waals surface area contributed by atoms with E-state index in [2.05, 4.69) is 41.6 Å². The maximum Gasteiger partial charge on any atom is 0.266 e. The van der Waals surface area contributed by atoms with Gasteiger partial charge < -0.3 is 4.74 Å². The summed E-state index contributed by atoms with van der Waals surface area (Å²) in [5.41, 5.74) is 3.59. The summed E-state index contributed by atoms with van der Waals surface area (Å²) < 4.78 is 7.89. The fourth-order valence-electron chi connectivity index (χ4n) is 3.12. The van der Waals surface area contributed by atoms with E-state index in [0.29, 0.717) is 16.7 Å². The number of rotatable bonds is 4. The first-order chi connectivity index (χ1) is 14.0. The highest BCUT2D eigenvalue weighted by atomic mass is 127. The zero-order valence-corrected chi connectivity index (χ0v) is 18.3. The van der Waals surface area contributed by atoms with Crippen molar-refractivity contribution in [1.29, 1.82) is 0 Å². The van der Waals surface area contributed by atoms with Crippen LogP contribution >= 0.6 is 22.6 Å². The van der Waals surface area contributed by atoms with Gasteiger partial charge in [-0.05, 0) is 83.6 Å². The van der Waals surface area contributed by atoms with Crippen LogP contribution in [0.15, 0.2) is 71.5 Å². The molecule has 0 spiro atoms. The van der Waals surface area contributed by atoms with Crippen LogP contribution in [0.25, 0.3) is 28.7 Å². The molecule has 0 bridgehead atoms. The Hall–Kier alpha value is -2.93. The molecule has 144 valence electrons. The van der Waals surface area contributed by atoms with Crippen LogP contribution in [-0.4, -0.2) is 16.7 Å².